The van der Waals surface area contributed by atoms with Crippen LogP contribution in [-0.4, -0.2) is 67.2 Å². The fourth-order valence-electron chi connectivity index (χ4n) is 4.18. The lowest BCUT2D eigenvalue weighted by molar-refractivity contribution is -0.142. The van der Waals surface area contributed by atoms with Crippen molar-refractivity contribution in [2.45, 2.75) is 58.3 Å². The van der Waals surface area contributed by atoms with Gasteiger partial charge in [0.05, 0.1) is 34.8 Å². The molecular formula is C24H31IN4O5S. The lowest BCUT2D eigenvalue weighted by atomic mass is 9.85. The van der Waals surface area contributed by atoms with Gasteiger partial charge in [-0.2, -0.15) is 0 Å². The first-order valence-corrected chi connectivity index (χ1v) is 13.2. The molecule has 4 atom stereocenters. The minimum Gasteiger partial charge on any atom is -0.394 e. The second-order valence-corrected chi connectivity index (χ2v) is 11.6. The van der Waals surface area contributed by atoms with Crippen LogP contribution in [0.5, 0.6) is 0 Å². The zero-order chi connectivity index (χ0) is 25.9. The molecule has 0 aliphatic carbocycles. The number of hydrogen-bond donors (Lipinski definition) is 4. The van der Waals surface area contributed by atoms with Gasteiger partial charge in [-0.05, 0) is 23.5 Å². The molecule has 1 aromatic carbocycles. The Hall–Kier alpha value is -2.09. The van der Waals surface area contributed by atoms with E-state index in [0.29, 0.717) is 5.56 Å². The second-order valence-electron chi connectivity index (χ2n) is 9.75. The largest absolute Gasteiger partial charge is 0.394 e. The van der Waals surface area contributed by atoms with Gasteiger partial charge in [-0.3, -0.25) is 14.4 Å². The third kappa shape index (κ3) is 6.57. The number of likely N-dealkylation sites (tertiary alicyclic amines) is 1. The summed E-state index contributed by atoms with van der Waals surface area (Å²) in [5.41, 5.74) is 3.84. The molecule has 190 valence electrons. The number of β-amino-alcohol motifs (C(OH)–C–C–N with tert-alkyl or cyclic N) is 1. The van der Waals surface area contributed by atoms with E-state index in [1.165, 1.54) is 4.90 Å². The van der Waals surface area contributed by atoms with Crippen molar-refractivity contribution in [1.29, 1.82) is 0 Å². The summed E-state index contributed by atoms with van der Waals surface area (Å²) < 4.78 is -0.381. The Bertz CT molecular complexity index is 1070. The number of aliphatic hydroxyl groups excluding tert-OH is 2. The SMILES string of the molecule is Cc1ncsc1-c1ccc(C(CO)NC(=O)C2CC(O)CN2C(=O)C(NC(=O)I)C(C)(C)C)cc1. The van der Waals surface area contributed by atoms with E-state index in [2.05, 4.69) is 15.6 Å². The number of thiazole rings is 1. The summed E-state index contributed by atoms with van der Waals surface area (Å²) in [6.07, 6.45) is -0.783. The van der Waals surface area contributed by atoms with Crippen LogP contribution in [-0.2, 0) is 9.59 Å². The molecule has 4 unspecified atom stereocenters. The van der Waals surface area contributed by atoms with Gasteiger partial charge >= 0.3 is 0 Å². The van der Waals surface area contributed by atoms with Gasteiger partial charge in [0.15, 0.2) is 0 Å². The first-order valence-electron chi connectivity index (χ1n) is 11.3. The van der Waals surface area contributed by atoms with Crippen molar-refractivity contribution < 1.29 is 24.6 Å². The zero-order valence-corrected chi connectivity index (χ0v) is 23.1. The van der Waals surface area contributed by atoms with Gasteiger partial charge in [0.2, 0.25) is 11.8 Å². The molecule has 0 bridgehead atoms. The van der Waals surface area contributed by atoms with E-state index < -0.39 is 41.5 Å². The minimum atomic E-state index is -0.915. The van der Waals surface area contributed by atoms with Crippen LogP contribution in [0.2, 0.25) is 0 Å². The molecule has 1 aliphatic heterocycles. The number of benzene rings is 1. The highest BCUT2D eigenvalue weighted by molar-refractivity contribution is 14.1. The van der Waals surface area contributed by atoms with E-state index in [9.17, 15) is 24.6 Å². The number of aliphatic hydroxyl groups is 2. The van der Waals surface area contributed by atoms with Crippen molar-refractivity contribution in [2.75, 3.05) is 13.2 Å². The van der Waals surface area contributed by atoms with E-state index in [-0.39, 0.29) is 23.5 Å². The van der Waals surface area contributed by atoms with Crippen molar-refractivity contribution in [3.8, 4) is 10.4 Å². The van der Waals surface area contributed by atoms with Crippen molar-refractivity contribution >= 4 is 49.7 Å². The van der Waals surface area contributed by atoms with E-state index in [1.54, 1.807) is 39.4 Å². The summed E-state index contributed by atoms with van der Waals surface area (Å²) in [6.45, 7) is 7.07. The summed E-state index contributed by atoms with van der Waals surface area (Å²) in [6, 6.07) is 5.06. The zero-order valence-electron chi connectivity index (χ0n) is 20.1. The molecule has 1 aliphatic rings. The molecule has 35 heavy (non-hydrogen) atoms. The summed E-state index contributed by atoms with van der Waals surface area (Å²) >= 11 is 3.11. The Morgan fingerprint density at radius 1 is 1.23 bits per heavy atom. The molecule has 3 rings (SSSR count). The molecule has 1 aromatic heterocycles. The number of amides is 3. The van der Waals surface area contributed by atoms with Crippen molar-refractivity contribution in [3.05, 3.63) is 41.0 Å². The highest BCUT2D eigenvalue weighted by Crippen LogP contribution is 2.29. The fourth-order valence-corrected chi connectivity index (χ4v) is 5.31. The standard InChI is InChI=1S/C24H31IN4O5S/c1-13-19(35-12-26-13)15-7-5-14(6-8-15)17(11-30)27-21(32)18-9-16(31)10-29(18)22(33)20(24(2,3)4)28-23(25)34/h5-8,12,16-18,20,30-31H,9-11H2,1-4H3,(H,27,32)(H,28,34). The number of rotatable bonds is 7. The van der Waals surface area contributed by atoms with Crippen molar-refractivity contribution in [3.63, 3.8) is 0 Å². The highest BCUT2D eigenvalue weighted by Gasteiger charge is 2.44. The number of aryl methyl sites for hydroxylation is 1. The van der Waals surface area contributed by atoms with Crippen LogP contribution in [0.3, 0.4) is 0 Å². The number of aromatic nitrogens is 1. The molecule has 2 heterocycles. The lowest BCUT2D eigenvalue weighted by Gasteiger charge is -2.35. The molecule has 0 radical (unpaired) electrons. The Balaban J connectivity index is 1.76. The first kappa shape index (κ1) is 27.5. The third-order valence-electron chi connectivity index (χ3n) is 6.06. The highest BCUT2D eigenvalue weighted by atomic mass is 127. The Morgan fingerprint density at radius 3 is 2.40 bits per heavy atom. The smallest absolute Gasteiger partial charge is 0.281 e. The van der Waals surface area contributed by atoms with E-state index in [1.807, 2.05) is 52.0 Å². The van der Waals surface area contributed by atoms with E-state index >= 15 is 0 Å². The number of nitrogens with one attached hydrogen (secondary N) is 2. The second kappa shape index (κ2) is 11.3. The first-order chi connectivity index (χ1) is 16.4. The molecule has 0 saturated carbocycles. The summed E-state index contributed by atoms with van der Waals surface area (Å²) in [4.78, 5) is 44.9. The summed E-state index contributed by atoms with van der Waals surface area (Å²) in [5.74, 6) is -0.895. The minimum absolute atomic E-state index is 0.00664. The normalized spacial score (nSPS) is 19.8. The number of hydrogen-bond acceptors (Lipinski definition) is 7. The van der Waals surface area contributed by atoms with Crippen LogP contribution in [0.4, 0.5) is 4.79 Å². The van der Waals surface area contributed by atoms with Crippen LogP contribution in [0, 0.1) is 12.3 Å². The summed E-state index contributed by atoms with van der Waals surface area (Å²) in [7, 11) is 0. The van der Waals surface area contributed by atoms with E-state index in [4.69, 9.17) is 0 Å². The maximum absolute atomic E-state index is 13.4. The van der Waals surface area contributed by atoms with Crippen LogP contribution >= 0.6 is 33.9 Å². The average molecular weight is 615 g/mol. The van der Waals surface area contributed by atoms with Crippen molar-refractivity contribution in [1.82, 2.24) is 20.5 Å². The number of halogens is 1. The van der Waals surface area contributed by atoms with Gasteiger partial charge < -0.3 is 25.7 Å². The summed E-state index contributed by atoms with van der Waals surface area (Å²) in [5, 5.41) is 25.7. The van der Waals surface area contributed by atoms with Crippen molar-refractivity contribution in [2.24, 2.45) is 5.41 Å². The Labute approximate surface area is 222 Å². The fraction of sp³-hybridized carbons (Fsp3) is 0.500. The molecule has 1 fully saturated rings. The van der Waals surface area contributed by atoms with E-state index in [0.717, 1.165) is 16.1 Å². The predicted octanol–water partition coefficient (Wildman–Crippen LogP) is 2.79. The van der Waals surface area contributed by atoms with Gasteiger partial charge in [-0.25, -0.2) is 4.98 Å². The van der Waals surface area contributed by atoms with Gasteiger partial charge in [-0.15, -0.1) is 11.3 Å². The molecule has 0 spiro atoms. The number of carbonyl (C=O) groups is 3. The topological polar surface area (TPSA) is 132 Å². The van der Waals surface area contributed by atoms with Gasteiger partial charge in [0.25, 0.3) is 3.91 Å². The van der Waals surface area contributed by atoms with Gasteiger partial charge in [-0.1, -0.05) is 45.0 Å². The Morgan fingerprint density at radius 2 is 1.89 bits per heavy atom. The number of carbonyl (C=O) groups excluding carboxylic acids is 3. The quantitative estimate of drug-likeness (QED) is 0.216. The van der Waals surface area contributed by atoms with Crippen LogP contribution < -0.4 is 10.6 Å². The van der Waals surface area contributed by atoms with Gasteiger partial charge in [0.1, 0.15) is 12.1 Å². The monoisotopic (exact) mass is 614 g/mol. The molecule has 4 N–H and O–H groups in total. The molecule has 1 saturated heterocycles. The maximum Gasteiger partial charge on any atom is 0.281 e. The molecule has 11 heteroatoms. The Kier molecular flexibility index (Phi) is 8.89. The molecule has 3 amide bonds. The maximum atomic E-state index is 13.4. The van der Waals surface area contributed by atoms with Crippen LogP contribution in [0.25, 0.3) is 10.4 Å². The number of nitrogens with zero attached hydrogens (tertiary/aromatic N) is 2. The predicted molar refractivity (Wildman–Crippen MR) is 142 cm³/mol. The average Bonchev–Trinajstić information content (AvgIpc) is 3.40. The van der Waals surface area contributed by atoms with Crippen LogP contribution in [0.1, 0.15) is 44.5 Å². The molecular weight excluding hydrogens is 583 g/mol. The van der Waals surface area contributed by atoms with Gasteiger partial charge in [0, 0.05) is 35.6 Å². The van der Waals surface area contributed by atoms with Crippen LogP contribution in [0.15, 0.2) is 29.8 Å². The third-order valence-corrected chi connectivity index (χ3v) is 7.34. The molecule has 9 nitrogen and oxygen atoms in total. The lowest BCUT2D eigenvalue weighted by Crippen LogP contribution is -2.57. The molecule has 2 aromatic rings.